The van der Waals surface area contributed by atoms with Crippen LogP contribution in [0.5, 0.6) is 0 Å². The molecule has 0 aliphatic carbocycles. The standard InChI is InChI=1S/C7H10N2O2/c10-7(11)9-3-6(4-9)5-1-8-2-5/h8H,1-4H2,(H,10,11). The molecule has 2 saturated heterocycles. The zero-order chi connectivity index (χ0) is 7.84. The third-order valence-corrected chi connectivity index (χ3v) is 2.21. The van der Waals surface area contributed by atoms with Crippen molar-refractivity contribution in [2.45, 2.75) is 0 Å². The normalized spacial score (nSPS) is 22.7. The number of hydrogen-bond acceptors (Lipinski definition) is 2. The molecule has 11 heavy (non-hydrogen) atoms. The van der Waals surface area contributed by atoms with E-state index in [0.29, 0.717) is 13.1 Å². The van der Waals surface area contributed by atoms with Crippen LogP contribution in [0.3, 0.4) is 0 Å². The lowest BCUT2D eigenvalue weighted by Gasteiger charge is -2.36. The maximum absolute atomic E-state index is 10.3. The topological polar surface area (TPSA) is 52.6 Å². The summed E-state index contributed by atoms with van der Waals surface area (Å²) >= 11 is 0. The van der Waals surface area contributed by atoms with Crippen LogP contribution in [0.1, 0.15) is 0 Å². The molecule has 0 unspecified atom stereocenters. The van der Waals surface area contributed by atoms with Crippen molar-refractivity contribution in [1.29, 1.82) is 0 Å². The first-order chi connectivity index (χ1) is 5.27. The average Bonchev–Trinajstić information content (AvgIpc) is 1.70. The Morgan fingerprint density at radius 1 is 1.36 bits per heavy atom. The Kier molecular flexibility index (Phi) is 1.35. The van der Waals surface area contributed by atoms with E-state index in [1.54, 1.807) is 0 Å². The van der Waals surface area contributed by atoms with Crippen LogP contribution in [0.2, 0.25) is 0 Å². The van der Waals surface area contributed by atoms with Crippen molar-refractivity contribution in [2.75, 3.05) is 26.2 Å². The fourth-order valence-corrected chi connectivity index (χ4v) is 1.27. The maximum atomic E-state index is 10.3. The third kappa shape index (κ3) is 0.991. The van der Waals surface area contributed by atoms with Gasteiger partial charge in [-0.15, -0.1) is 0 Å². The van der Waals surface area contributed by atoms with Crippen molar-refractivity contribution in [2.24, 2.45) is 0 Å². The van der Waals surface area contributed by atoms with Crippen LogP contribution in [0.25, 0.3) is 0 Å². The smallest absolute Gasteiger partial charge is 0.407 e. The van der Waals surface area contributed by atoms with Gasteiger partial charge in [-0.3, -0.25) is 0 Å². The molecular weight excluding hydrogens is 144 g/mol. The number of nitrogens with one attached hydrogen (secondary N) is 1. The molecule has 0 saturated carbocycles. The first kappa shape index (κ1) is 6.67. The Balaban J connectivity index is 1.92. The van der Waals surface area contributed by atoms with Gasteiger partial charge in [0, 0.05) is 26.2 Å². The number of nitrogens with zero attached hydrogens (tertiary/aromatic N) is 1. The summed E-state index contributed by atoms with van der Waals surface area (Å²) in [7, 11) is 0. The lowest BCUT2D eigenvalue weighted by Crippen LogP contribution is -2.48. The van der Waals surface area contributed by atoms with E-state index < -0.39 is 6.09 Å². The second-order valence-electron chi connectivity index (χ2n) is 2.95. The number of likely N-dealkylation sites (tertiary alicyclic amines) is 1. The molecule has 4 heteroatoms. The highest BCUT2D eigenvalue weighted by Crippen LogP contribution is 2.20. The van der Waals surface area contributed by atoms with E-state index in [2.05, 4.69) is 5.32 Å². The molecule has 4 nitrogen and oxygen atoms in total. The average molecular weight is 154 g/mol. The summed E-state index contributed by atoms with van der Waals surface area (Å²) in [6.07, 6.45) is -0.804. The summed E-state index contributed by atoms with van der Waals surface area (Å²) in [6.45, 7) is 3.18. The van der Waals surface area contributed by atoms with E-state index in [-0.39, 0.29) is 0 Å². The van der Waals surface area contributed by atoms with E-state index in [0.717, 1.165) is 13.1 Å². The Labute approximate surface area is 64.5 Å². The first-order valence-electron chi connectivity index (χ1n) is 3.66. The lowest BCUT2D eigenvalue weighted by atomic mass is 9.97. The molecule has 2 heterocycles. The first-order valence-corrected chi connectivity index (χ1v) is 3.66. The molecule has 1 amide bonds. The summed E-state index contributed by atoms with van der Waals surface area (Å²) in [5.74, 6) is 0. The minimum atomic E-state index is -0.804. The highest BCUT2D eigenvalue weighted by atomic mass is 16.4. The fraction of sp³-hybridized carbons (Fsp3) is 0.571. The fourth-order valence-electron chi connectivity index (χ4n) is 1.27. The maximum Gasteiger partial charge on any atom is 0.407 e. The molecule has 2 aliphatic rings. The van der Waals surface area contributed by atoms with Gasteiger partial charge in [0.2, 0.25) is 0 Å². The quantitative estimate of drug-likeness (QED) is 0.478. The van der Waals surface area contributed by atoms with Gasteiger partial charge in [-0.1, -0.05) is 0 Å². The summed E-state index contributed by atoms with van der Waals surface area (Å²) in [6, 6.07) is 0. The number of hydrogen-bond donors (Lipinski definition) is 2. The molecule has 2 rings (SSSR count). The molecule has 0 aromatic rings. The molecule has 0 radical (unpaired) electrons. The van der Waals surface area contributed by atoms with Crippen LogP contribution in [-0.2, 0) is 0 Å². The van der Waals surface area contributed by atoms with Crippen molar-refractivity contribution in [3.05, 3.63) is 11.1 Å². The van der Waals surface area contributed by atoms with Crippen LogP contribution >= 0.6 is 0 Å². The highest BCUT2D eigenvalue weighted by molar-refractivity contribution is 5.68. The predicted octanol–water partition coefficient (Wildman–Crippen LogP) is -0.120. The minimum absolute atomic E-state index is 0.631. The summed E-state index contributed by atoms with van der Waals surface area (Å²) in [5.41, 5.74) is 2.72. The third-order valence-electron chi connectivity index (χ3n) is 2.21. The van der Waals surface area contributed by atoms with E-state index >= 15 is 0 Å². The molecular formula is C7H10N2O2. The molecule has 60 valence electrons. The van der Waals surface area contributed by atoms with Gasteiger partial charge in [-0.2, -0.15) is 0 Å². The monoisotopic (exact) mass is 154 g/mol. The van der Waals surface area contributed by atoms with E-state index in [9.17, 15) is 4.79 Å². The number of carbonyl (C=O) groups is 1. The van der Waals surface area contributed by atoms with Gasteiger partial charge >= 0.3 is 6.09 Å². The van der Waals surface area contributed by atoms with Crippen molar-refractivity contribution in [1.82, 2.24) is 10.2 Å². The molecule has 2 N–H and O–H groups in total. The zero-order valence-electron chi connectivity index (χ0n) is 6.13. The van der Waals surface area contributed by atoms with Gasteiger partial charge in [-0.25, -0.2) is 4.79 Å². The van der Waals surface area contributed by atoms with Crippen molar-refractivity contribution < 1.29 is 9.90 Å². The van der Waals surface area contributed by atoms with E-state index in [1.807, 2.05) is 0 Å². The predicted molar refractivity (Wildman–Crippen MR) is 39.5 cm³/mol. The van der Waals surface area contributed by atoms with Crippen LogP contribution in [0.15, 0.2) is 11.1 Å². The molecule has 0 spiro atoms. The summed E-state index contributed by atoms with van der Waals surface area (Å²) in [5, 5.41) is 11.6. The number of carboxylic acid groups (broad SMARTS) is 1. The number of rotatable bonds is 0. The van der Waals surface area contributed by atoms with Crippen molar-refractivity contribution >= 4 is 6.09 Å². The van der Waals surface area contributed by atoms with Gasteiger partial charge in [0.25, 0.3) is 0 Å². The molecule has 0 atom stereocenters. The SMILES string of the molecule is O=C(O)N1CC(=C2CNC2)C1. The van der Waals surface area contributed by atoms with E-state index in [4.69, 9.17) is 5.11 Å². The van der Waals surface area contributed by atoms with Gasteiger partial charge in [0.15, 0.2) is 0 Å². The second-order valence-corrected chi connectivity index (χ2v) is 2.95. The molecule has 2 aliphatic heterocycles. The Hall–Kier alpha value is -1.03. The zero-order valence-corrected chi connectivity index (χ0v) is 6.13. The Morgan fingerprint density at radius 2 is 2.00 bits per heavy atom. The van der Waals surface area contributed by atoms with Gasteiger partial charge in [0.05, 0.1) is 0 Å². The summed E-state index contributed by atoms with van der Waals surface area (Å²) < 4.78 is 0. The highest BCUT2D eigenvalue weighted by Gasteiger charge is 2.28. The molecule has 0 bridgehead atoms. The van der Waals surface area contributed by atoms with Crippen molar-refractivity contribution in [3.63, 3.8) is 0 Å². The van der Waals surface area contributed by atoms with Crippen molar-refractivity contribution in [3.8, 4) is 0 Å². The molecule has 0 aromatic heterocycles. The van der Waals surface area contributed by atoms with E-state index in [1.165, 1.54) is 16.0 Å². The lowest BCUT2D eigenvalue weighted by molar-refractivity contribution is 0.137. The van der Waals surface area contributed by atoms with Crippen LogP contribution in [-0.4, -0.2) is 42.3 Å². The largest absolute Gasteiger partial charge is 0.465 e. The number of amides is 1. The Morgan fingerprint density at radius 3 is 2.36 bits per heavy atom. The van der Waals surface area contributed by atoms with Gasteiger partial charge < -0.3 is 15.3 Å². The van der Waals surface area contributed by atoms with Crippen LogP contribution < -0.4 is 5.32 Å². The minimum Gasteiger partial charge on any atom is -0.465 e. The van der Waals surface area contributed by atoms with Gasteiger partial charge in [0.1, 0.15) is 0 Å². The second kappa shape index (κ2) is 2.23. The molecule has 0 aromatic carbocycles. The van der Waals surface area contributed by atoms with Crippen LogP contribution in [0, 0.1) is 0 Å². The van der Waals surface area contributed by atoms with Gasteiger partial charge in [-0.05, 0) is 11.1 Å². The Bertz CT molecular complexity index is 221. The van der Waals surface area contributed by atoms with Crippen LogP contribution in [0.4, 0.5) is 4.79 Å². The molecule has 2 fully saturated rings. The summed E-state index contributed by atoms with van der Waals surface area (Å²) in [4.78, 5) is 11.8.